The molecule has 1 aliphatic rings. The van der Waals surface area contributed by atoms with Crippen LogP contribution in [0.1, 0.15) is 22.3 Å². The van der Waals surface area contributed by atoms with E-state index in [9.17, 15) is 9.65 Å². The number of benzene rings is 2. The molecule has 0 amide bonds. The zero-order valence-corrected chi connectivity index (χ0v) is 15.9. The van der Waals surface area contributed by atoms with Crippen molar-refractivity contribution in [1.29, 1.82) is 5.26 Å². The highest BCUT2D eigenvalue weighted by atomic mass is 19.1. The van der Waals surface area contributed by atoms with Crippen molar-refractivity contribution in [2.45, 2.75) is 5.54 Å². The quantitative estimate of drug-likeness (QED) is 0.572. The Labute approximate surface area is 172 Å². The second-order valence-corrected chi connectivity index (χ2v) is 7.16. The normalized spacial score (nSPS) is 17.9. The van der Waals surface area contributed by atoms with Gasteiger partial charge in [0.05, 0.1) is 29.2 Å². The number of nitrogens with zero attached hydrogens (tertiary/aromatic N) is 4. The molecule has 3 heterocycles. The van der Waals surface area contributed by atoms with Gasteiger partial charge < -0.3 is 5.32 Å². The summed E-state index contributed by atoms with van der Waals surface area (Å²) in [5, 5.41) is 12.8. The number of pyridine rings is 2. The Kier molecular flexibility index (Phi) is 4.22. The fraction of sp³-hybridized carbons (Fsp3) is 0.0833. The lowest BCUT2D eigenvalue weighted by atomic mass is 9.84. The van der Waals surface area contributed by atoms with Crippen LogP contribution in [-0.2, 0) is 5.54 Å². The molecule has 2 aromatic heterocycles. The average Bonchev–Trinajstić information content (AvgIpc) is 3.26. The van der Waals surface area contributed by atoms with Crippen LogP contribution in [0.3, 0.4) is 0 Å². The van der Waals surface area contributed by atoms with E-state index in [2.05, 4.69) is 21.4 Å². The number of amidine groups is 1. The minimum atomic E-state index is -0.718. The van der Waals surface area contributed by atoms with Crippen LogP contribution >= 0.6 is 0 Å². The van der Waals surface area contributed by atoms with Gasteiger partial charge in [-0.25, -0.2) is 4.39 Å². The van der Waals surface area contributed by atoms with Crippen LogP contribution in [0.15, 0.2) is 84.1 Å². The first-order valence-electron chi connectivity index (χ1n) is 9.48. The van der Waals surface area contributed by atoms with Crippen molar-refractivity contribution >= 4 is 16.9 Å². The first-order chi connectivity index (χ1) is 14.7. The third-order valence-corrected chi connectivity index (χ3v) is 5.35. The minimum absolute atomic E-state index is 0.298. The Hall–Kier alpha value is -4.11. The first kappa shape index (κ1) is 18.0. The molecule has 0 spiro atoms. The number of aromatic nitrogens is 2. The van der Waals surface area contributed by atoms with E-state index in [1.54, 1.807) is 30.5 Å². The number of hydrogen-bond donors (Lipinski definition) is 1. The molecule has 5 nitrogen and oxygen atoms in total. The molecule has 0 saturated heterocycles. The molecule has 30 heavy (non-hydrogen) atoms. The third-order valence-electron chi connectivity index (χ3n) is 5.35. The van der Waals surface area contributed by atoms with Crippen LogP contribution in [0.5, 0.6) is 0 Å². The lowest BCUT2D eigenvalue weighted by Gasteiger charge is -2.31. The molecule has 4 aromatic rings. The summed E-state index contributed by atoms with van der Waals surface area (Å²) in [5.41, 5.74) is 4.00. The maximum atomic E-state index is 13.6. The van der Waals surface area contributed by atoms with Crippen LogP contribution in [-0.4, -0.2) is 22.3 Å². The molecule has 6 heteroatoms. The average molecular weight is 393 g/mol. The fourth-order valence-corrected chi connectivity index (χ4v) is 3.79. The SMILES string of the molecule is N#Cc1cccc(C2=NCC(c3ccc(F)cc3)(c3cnc4cccnc4c3)N2)c1. The van der Waals surface area contributed by atoms with Gasteiger partial charge in [-0.05, 0) is 48.0 Å². The van der Waals surface area contributed by atoms with Gasteiger partial charge in [0.1, 0.15) is 17.2 Å². The second-order valence-electron chi connectivity index (χ2n) is 7.16. The molecule has 0 bridgehead atoms. The summed E-state index contributed by atoms with van der Waals surface area (Å²) >= 11 is 0. The van der Waals surface area contributed by atoms with E-state index in [1.165, 1.54) is 12.1 Å². The zero-order valence-electron chi connectivity index (χ0n) is 15.9. The predicted octanol–water partition coefficient (Wildman–Crippen LogP) is 3.93. The monoisotopic (exact) mass is 393 g/mol. The number of hydrogen-bond acceptors (Lipinski definition) is 5. The summed E-state index contributed by atoms with van der Waals surface area (Å²) < 4.78 is 13.6. The lowest BCUT2D eigenvalue weighted by molar-refractivity contribution is 0.521. The van der Waals surface area contributed by atoms with Gasteiger partial charge in [-0.15, -0.1) is 0 Å². The summed E-state index contributed by atoms with van der Waals surface area (Å²) in [6.45, 7) is 0.408. The molecule has 0 aliphatic carbocycles. The number of aliphatic imine (C=N–C) groups is 1. The summed E-state index contributed by atoms with van der Waals surface area (Å²) in [6.07, 6.45) is 3.54. The minimum Gasteiger partial charge on any atom is -0.355 e. The predicted molar refractivity (Wildman–Crippen MR) is 112 cm³/mol. The van der Waals surface area contributed by atoms with Gasteiger partial charge in [-0.1, -0.05) is 24.3 Å². The Bertz CT molecular complexity index is 1320. The lowest BCUT2D eigenvalue weighted by Crippen LogP contribution is -2.44. The molecule has 5 rings (SSSR count). The van der Waals surface area contributed by atoms with Gasteiger partial charge in [0.15, 0.2) is 0 Å². The topological polar surface area (TPSA) is 74.0 Å². The summed E-state index contributed by atoms with van der Waals surface area (Å²) in [6, 6.07) is 21.6. The Morgan fingerprint density at radius 2 is 1.80 bits per heavy atom. The molecular formula is C24H16FN5. The van der Waals surface area contributed by atoms with Gasteiger partial charge in [0.25, 0.3) is 0 Å². The molecule has 1 atom stereocenters. The van der Waals surface area contributed by atoms with Crippen LogP contribution < -0.4 is 5.32 Å². The second kappa shape index (κ2) is 7.05. The molecule has 0 radical (unpaired) electrons. The van der Waals surface area contributed by atoms with Gasteiger partial charge in [0.2, 0.25) is 0 Å². The summed E-state index contributed by atoms with van der Waals surface area (Å²) in [4.78, 5) is 13.7. The van der Waals surface area contributed by atoms with Gasteiger partial charge >= 0.3 is 0 Å². The largest absolute Gasteiger partial charge is 0.355 e. The highest BCUT2D eigenvalue weighted by Gasteiger charge is 2.40. The van der Waals surface area contributed by atoms with Gasteiger partial charge in [-0.3, -0.25) is 15.0 Å². The smallest absolute Gasteiger partial charge is 0.129 e. The van der Waals surface area contributed by atoms with Crippen molar-refractivity contribution in [2.75, 3.05) is 6.54 Å². The van der Waals surface area contributed by atoms with Crippen LogP contribution in [0.4, 0.5) is 4.39 Å². The fourth-order valence-electron chi connectivity index (χ4n) is 3.79. The summed E-state index contributed by atoms with van der Waals surface area (Å²) in [7, 11) is 0. The van der Waals surface area contributed by atoms with E-state index in [0.717, 1.165) is 27.7 Å². The van der Waals surface area contributed by atoms with Crippen molar-refractivity contribution in [3.63, 3.8) is 0 Å². The summed E-state index contributed by atoms with van der Waals surface area (Å²) in [5.74, 6) is 0.380. The standard InChI is InChI=1S/C24H16FN5/c25-20-8-6-18(7-9-20)24(19-12-22-21(28-14-19)5-2-10-27-22)15-29-23(30-24)17-4-1-3-16(11-17)13-26/h1-12,14H,15H2,(H,29,30). The van der Waals surface area contributed by atoms with Crippen molar-refractivity contribution in [2.24, 2.45) is 4.99 Å². The molecule has 1 N–H and O–H groups in total. The Morgan fingerprint density at radius 3 is 2.63 bits per heavy atom. The number of halogens is 1. The van der Waals surface area contributed by atoms with Crippen molar-refractivity contribution in [3.05, 3.63) is 107 Å². The molecule has 144 valence electrons. The molecule has 1 aliphatic heterocycles. The number of fused-ring (bicyclic) bond motifs is 1. The first-order valence-corrected chi connectivity index (χ1v) is 9.48. The van der Waals surface area contributed by atoms with Crippen LogP contribution in [0.25, 0.3) is 11.0 Å². The molecule has 0 saturated carbocycles. The highest BCUT2D eigenvalue weighted by molar-refractivity contribution is 6.01. The number of nitrogens with one attached hydrogen (secondary N) is 1. The van der Waals surface area contributed by atoms with E-state index in [0.29, 0.717) is 17.9 Å². The van der Waals surface area contributed by atoms with Crippen molar-refractivity contribution in [1.82, 2.24) is 15.3 Å². The van der Waals surface area contributed by atoms with Gasteiger partial charge in [-0.2, -0.15) is 5.26 Å². The Morgan fingerprint density at radius 1 is 0.933 bits per heavy atom. The number of rotatable bonds is 3. The van der Waals surface area contributed by atoms with Gasteiger partial charge in [0, 0.05) is 23.5 Å². The van der Waals surface area contributed by atoms with Crippen LogP contribution in [0, 0.1) is 17.1 Å². The molecule has 1 unspecified atom stereocenters. The Balaban J connectivity index is 1.63. The van der Waals surface area contributed by atoms with Crippen molar-refractivity contribution in [3.8, 4) is 6.07 Å². The van der Waals surface area contributed by atoms with Crippen molar-refractivity contribution < 1.29 is 4.39 Å². The van der Waals surface area contributed by atoms with Crippen LogP contribution in [0.2, 0.25) is 0 Å². The van der Waals surface area contributed by atoms with E-state index in [4.69, 9.17) is 4.99 Å². The van der Waals surface area contributed by atoms with E-state index in [-0.39, 0.29) is 5.82 Å². The maximum absolute atomic E-state index is 13.6. The number of nitriles is 1. The van der Waals surface area contributed by atoms with E-state index in [1.807, 2.05) is 36.5 Å². The van der Waals surface area contributed by atoms with E-state index >= 15 is 0 Å². The third kappa shape index (κ3) is 2.97. The highest BCUT2D eigenvalue weighted by Crippen LogP contribution is 2.35. The molecule has 0 fully saturated rings. The zero-order chi connectivity index (χ0) is 20.6. The maximum Gasteiger partial charge on any atom is 0.129 e. The van der Waals surface area contributed by atoms with E-state index < -0.39 is 5.54 Å². The molecule has 2 aromatic carbocycles. The molecular weight excluding hydrogens is 377 g/mol.